The second-order valence-corrected chi connectivity index (χ2v) is 18.6. The van der Waals surface area contributed by atoms with Crippen LogP contribution in [-0.2, 0) is 0 Å². The van der Waals surface area contributed by atoms with Gasteiger partial charge in [0.2, 0.25) is 0 Å². The Kier molecular flexibility index (Phi) is 26.3. The van der Waals surface area contributed by atoms with Crippen LogP contribution in [0.2, 0.25) is 31.4 Å². The van der Waals surface area contributed by atoms with E-state index < -0.39 is 19.8 Å². The molecule has 0 heterocycles. The van der Waals surface area contributed by atoms with Gasteiger partial charge in [0, 0.05) is 8.80 Å². The summed E-state index contributed by atoms with van der Waals surface area (Å²) in [5.74, 6) is 0. The van der Waals surface area contributed by atoms with Crippen molar-refractivity contribution in [3.63, 3.8) is 0 Å². The van der Waals surface area contributed by atoms with Crippen molar-refractivity contribution in [1.29, 1.82) is 0 Å². The zero-order valence-electron chi connectivity index (χ0n) is 17.6. The van der Waals surface area contributed by atoms with Crippen LogP contribution >= 0.6 is 0 Å². The molecule has 0 aliphatic carbocycles. The van der Waals surface area contributed by atoms with Crippen molar-refractivity contribution >= 4 is 28.6 Å². The monoisotopic (exact) mass is 448 g/mol. The van der Waals surface area contributed by atoms with Crippen LogP contribution in [0.15, 0.2) is 0 Å². The van der Waals surface area contributed by atoms with Gasteiger partial charge in [0.05, 0.1) is 0 Å². The second kappa shape index (κ2) is 23.0. The van der Waals surface area contributed by atoms with Gasteiger partial charge in [0.1, 0.15) is 0 Å². The molecular formula is C21H48SiSn. The minimum absolute atomic E-state index is 0.0675. The van der Waals surface area contributed by atoms with Crippen LogP contribution < -0.4 is 0 Å². The maximum atomic E-state index is 2.34. The van der Waals surface area contributed by atoms with E-state index >= 15 is 0 Å². The fourth-order valence-electron chi connectivity index (χ4n) is 3.09. The molecule has 0 saturated carbocycles. The van der Waals surface area contributed by atoms with Crippen molar-refractivity contribution in [2.75, 3.05) is 0 Å². The molecule has 0 aromatic rings. The van der Waals surface area contributed by atoms with Crippen molar-refractivity contribution in [3.05, 3.63) is 0 Å². The molecule has 2 radical (unpaired) electrons. The van der Waals surface area contributed by atoms with Gasteiger partial charge in [-0.1, -0.05) is 77.4 Å². The first kappa shape index (κ1) is 26.2. The summed E-state index contributed by atoms with van der Waals surface area (Å²) >= 11 is -0.759. The van der Waals surface area contributed by atoms with Crippen molar-refractivity contribution in [1.82, 2.24) is 0 Å². The molecule has 0 N–H and O–H groups in total. The summed E-state index contributed by atoms with van der Waals surface area (Å²) in [6.45, 7) is 14.0. The maximum absolute atomic E-state index is 2.34. The Morgan fingerprint density at radius 3 is 1.00 bits per heavy atom. The van der Waals surface area contributed by atoms with Crippen molar-refractivity contribution in [2.45, 2.75) is 131 Å². The normalized spacial score (nSPS) is 11.0. The predicted molar refractivity (Wildman–Crippen MR) is 116 cm³/mol. The van der Waals surface area contributed by atoms with E-state index in [9.17, 15) is 0 Å². The zero-order valence-corrected chi connectivity index (χ0v) is 21.5. The molecule has 0 bridgehead atoms. The SMILES string of the molecule is CCCC[Si](CCCC)CCCC.CC[CH2][Sn]([CH2]CC)[CH2]CC. The Labute approximate surface area is 159 Å². The first-order chi connectivity index (χ1) is 11.2. The van der Waals surface area contributed by atoms with Gasteiger partial charge in [-0.15, -0.1) is 0 Å². The summed E-state index contributed by atoms with van der Waals surface area (Å²) in [4.78, 5) is 0. The summed E-state index contributed by atoms with van der Waals surface area (Å²) in [5.41, 5.74) is 0. The van der Waals surface area contributed by atoms with Crippen LogP contribution in [0.3, 0.4) is 0 Å². The number of unbranched alkanes of at least 4 members (excludes halogenated alkanes) is 3. The molecule has 0 saturated heterocycles. The number of rotatable bonds is 15. The topological polar surface area (TPSA) is 0 Å². The Hall–Kier alpha value is 1.02. The Morgan fingerprint density at radius 2 is 0.783 bits per heavy atom. The molecule has 0 aliphatic rings. The molecule has 0 rings (SSSR count). The van der Waals surface area contributed by atoms with Gasteiger partial charge in [0.15, 0.2) is 0 Å². The second-order valence-electron chi connectivity index (χ2n) is 7.06. The summed E-state index contributed by atoms with van der Waals surface area (Å²) < 4.78 is 4.93. The van der Waals surface area contributed by atoms with Gasteiger partial charge in [-0.25, -0.2) is 0 Å². The third kappa shape index (κ3) is 21.0. The Bertz CT molecular complexity index is 163. The van der Waals surface area contributed by atoms with E-state index in [1.807, 2.05) is 0 Å². The molecule has 0 amide bonds. The molecule has 0 aliphatic heterocycles. The third-order valence-corrected chi connectivity index (χ3v) is 18.0. The van der Waals surface area contributed by atoms with Gasteiger partial charge in [-0.3, -0.25) is 0 Å². The molecule has 0 aromatic heterocycles. The van der Waals surface area contributed by atoms with Crippen LogP contribution in [0, 0.1) is 0 Å². The van der Waals surface area contributed by atoms with Gasteiger partial charge in [0.25, 0.3) is 0 Å². The average molecular weight is 447 g/mol. The fourth-order valence-corrected chi connectivity index (χ4v) is 14.6. The fraction of sp³-hybridized carbons (Fsp3) is 1.00. The van der Waals surface area contributed by atoms with Crippen molar-refractivity contribution < 1.29 is 0 Å². The molecule has 140 valence electrons. The van der Waals surface area contributed by atoms with Gasteiger partial charge < -0.3 is 0 Å². The Balaban J connectivity index is 0. The summed E-state index contributed by atoms with van der Waals surface area (Å²) in [6.07, 6.45) is 13.0. The van der Waals surface area contributed by atoms with E-state index in [1.54, 1.807) is 31.4 Å². The summed E-state index contributed by atoms with van der Waals surface area (Å²) in [5, 5.41) is 0. The van der Waals surface area contributed by atoms with E-state index in [0.29, 0.717) is 0 Å². The van der Waals surface area contributed by atoms with Gasteiger partial charge >= 0.3 is 73.1 Å². The molecule has 0 aromatic carbocycles. The summed E-state index contributed by atoms with van der Waals surface area (Å²) in [6, 6.07) is 4.75. The van der Waals surface area contributed by atoms with Crippen LogP contribution in [0.1, 0.15) is 99.3 Å². The molecule has 23 heavy (non-hydrogen) atoms. The third-order valence-electron chi connectivity index (χ3n) is 4.46. The van der Waals surface area contributed by atoms with Crippen LogP contribution in [0.4, 0.5) is 0 Å². The van der Waals surface area contributed by atoms with E-state index in [0.717, 1.165) is 0 Å². The van der Waals surface area contributed by atoms with Crippen molar-refractivity contribution in [2.24, 2.45) is 0 Å². The summed E-state index contributed by atoms with van der Waals surface area (Å²) in [7, 11) is 0.0675. The van der Waals surface area contributed by atoms with Gasteiger partial charge in [-0.05, 0) is 0 Å². The average Bonchev–Trinajstić information content (AvgIpc) is 2.55. The molecule has 0 fully saturated rings. The zero-order chi connectivity index (χ0) is 17.8. The van der Waals surface area contributed by atoms with Crippen molar-refractivity contribution in [3.8, 4) is 0 Å². The first-order valence-corrected chi connectivity index (χ1v) is 19.0. The van der Waals surface area contributed by atoms with E-state index in [-0.39, 0.29) is 8.80 Å². The predicted octanol–water partition coefficient (Wildman–Crippen LogP) is 8.59. The minimum atomic E-state index is -0.759. The standard InChI is InChI=1S/C12H27Si.3C3H7.Sn/c1-4-7-10-13(11-8-5-2)12-9-6-3;3*1-3-2;/h4-12H2,1-3H3;3*1,3H2,2H3;. The molecule has 2 heteroatoms. The molecular weight excluding hydrogens is 399 g/mol. The van der Waals surface area contributed by atoms with E-state index in [2.05, 4.69) is 41.5 Å². The van der Waals surface area contributed by atoms with Gasteiger partial charge in [-0.2, -0.15) is 0 Å². The molecule has 0 atom stereocenters. The molecule has 0 nitrogen and oxygen atoms in total. The Morgan fingerprint density at radius 1 is 0.478 bits per heavy atom. The number of hydrogen-bond acceptors (Lipinski definition) is 0. The van der Waals surface area contributed by atoms with E-state index in [4.69, 9.17) is 0 Å². The van der Waals surface area contributed by atoms with Crippen LogP contribution in [-0.4, -0.2) is 28.6 Å². The quantitative estimate of drug-likeness (QED) is 0.221. The molecule has 0 spiro atoms. The van der Waals surface area contributed by atoms with E-state index in [1.165, 1.54) is 57.8 Å². The van der Waals surface area contributed by atoms with Crippen LogP contribution in [0.5, 0.6) is 0 Å². The van der Waals surface area contributed by atoms with Crippen LogP contribution in [0.25, 0.3) is 0 Å². The molecule has 0 unspecified atom stereocenters. The number of hydrogen-bond donors (Lipinski definition) is 0. The first-order valence-electron chi connectivity index (χ1n) is 10.9.